The first kappa shape index (κ1) is 14.9. The smallest absolute Gasteiger partial charge is 0.251 e. The number of amides is 1. The lowest BCUT2D eigenvalue weighted by Crippen LogP contribution is -2.27. The van der Waals surface area contributed by atoms with Crippen molar-refractivity contribution in [3.05, 3.63) is 29.3 Å². The van der Waals surface area contributed by atoms with Crippen LogP contribution in [0.4, 0.5) is 5.69 Å². The SMILES string of the molecule is Cc1cc(NN)ccc1C(=O)NCC1C(C)(C)C1(C)C. The Hall–Kier alpha value is -1.55. The molecule has 1 aliphatic carbocycles. The third-order valence-corrected chi connectivity index (χ3v) is 5.42. The first-order valence-electron chi connectivity index (χ1n) is 7.07. The van der Waals surface area contributed by atoms with Crippen molar-refractivity contribution in [3.63, 3.8) is 0 Å². The van der Waals surface area contributed by atoms with Crippen LogP contribution < -0.4 is 16.6 Å². The number of rotatable bonds is 4. The van der Waals surface area contributed by atoms with Crippen molar-refractivity contribution < 1.29 is 4.79 Å². The topological polar surface area (TPSA) is 67.1 Å². The molecular weight excluding hydrogens is 250 g/mol. The van der Waals surface area contributed by atoms with Crippen LogP contribution in [-0.4, -0.2) is 12.5 Å². The minimum atomic E-state index is -0.00966. The number of nitrogens with one attached hydrogen (secondary N) is 2. The van der Waals surface area contributed by atoms with Gasteiger partial charge in [-0.3, -0.25) is 10.6 Å². The van der Waals surface area contributed by atoms with Gasteiger partial charge in [-0.25, -0.2) is 0 Å². The van der Waals surface area contributed by atoms with Gasteiger partial charge in [0.05, 0.1) is 0 Å². The molecule has 0 bridgehead atoms. The Morgan fingerprint density at radius 3 is 2.30 bits per heavy atom. The van der Waals surface area contributed by atoms with Gasteiger partial charge in [-0.1, -0.05) is 27.7 Å². The van der Waals surface area contributed by atoms with Gasteiger partial charge in [0.15, 0.2) is 0 Å². The first-order chi connectivity index (χ1) is 9.21. The number of hydrazine groups is 1. The van der Waals surface area contributed by atoms with Gasteiger partial charge in [0, 0.05) is 17.8 Å². The van der Waals surface area contributed by atoms with Crippen LogP contribution in [0.2, 0.25) is 0 Å². The van der Waals surface area contributed by atoms with E-state index in [0.29, 0.717) is 22.3 Å². The maximum Gasteiger partial charge on any atom is 0.251 e. The first-order valence-corrected chi connectivity index (χ1v) is 7.07. The largest absolute Gasteiger partial charge is 0.352 e. The predicted molar refractivity (Wildman–Crippen MR) is 82.4 cm³/mol. The molecule has 4 nitrogen and oxygen atoms in total. The van der Waals surface area contributed by atoms with Crippen LogP contribution in [0.25, 0.3) is 0 Å². The molecule has 1 fully saturated rings. The fraction of sp³-hybridized carbons (Fsp3) is 0.562. The van der Waals surface area contributed by atoms with E-state index in [9.17, 15) is 4.79 Å². The average molecular weight is 275 g/mol. The van der Waals surface area contributed by atoms with Gasteiger partial charge in [-0.05, 0) is 47.4 Å². The quantitative estimate of drug-likeness (QED) is 0.584. The Morgan fingerprint density at radius 1 is 1.25 bits per heavy atom. The normalized spacial score (nSPS) is 19.5. The molecule has 0 spiro atoms. The van der Waals surface area contributed by atoms with Gasteiger partial charge >= 0.3 is 0 Å². The van der Waals surface area contributed by atoms with Crippen molar-refractivity contribution in [2.24, 2.45) is 22.6 Å². The molecule has 4 heteroatoms. The summed E-state index contributed by atoms with van der Waals surface area (Å²) in [7, 11) is 0. The molecule has 110 valence electrons. The zero-order valence-electron chi connectivity index (χ0n) is 13.0. The Balaban J connectivity index is 2.00. The predicted octanol–water partition coefficient (Wildman–Crippen LogP) is 2.69. The van der Waals surface area contributed by atoms with E-state index < -0.39 is 0 Å². The summed E-state index contributed by atoms with van der Waals surface area (Å²) in [4.78, 5) is 12.3. The van der Waals surface area contributed by atoms with Crippen LogP contribution >= 0.6 is 0 Å². The van der Waals surface area contributed by atoms with Gasteiger partial charge in [0.1, 0.15) is 0 Å². The van der Waals surface area contributed by atoms with Crippen LogP contribution in [0.15, 0.2) is 18.2 Å². The molecule has 1 aromatic carbocycles. The highest BCUT2D eigenvalue weighted by molar-refractivity contribution is 5.96. The summed E-state index contributed by atoms with van der Waals surface area (Å²) in [6.45, 7) is 11.7. The second-order valence-corrected chi connectivity index (χ2v) is 6.88. The number of hydrogen-bond acceptors (Lipinski definition) is 3. The van der Waals surface area contributed by atoms with Gasteiger partial charge in [0.25, 0.3) is 5.91 Å². The van der Waals surface area contributed by atoms with Crippen LogP contribution in [-0.2, 0) is 0 Å². The van der Waals surface area contributed by atoms with Crippen molar-refractivity contribution in [2.75, 3.05) is 12.0 Å². The Bertz CT molecular complexity index is 521. The molecule has 1 aromatic rings. The number of aryl methyl sites for hydroxylation is 1. The fourth-order valence-electron chi connectivity index (χ4n) is 3.14. The van der Waals surface area contributed by atoms with E-state index in [1.165, 1.54) is 0 Å². The molecule has 20 heavy (non-hydrogen) atoms. The molecule has 0 unspecified atom stereocenters. The summed E-state index contributed by atoms with van der Waals surface area (Å²) in [5.74, 6) is 5.88. The third-order valence-electron chi connectivity index (χ3n) is 5.42. The molecule has 0 heterocycles. The maximum atomic E-state index is 12.3. The van der Waals surface area contributed by atoms with Crippen molar-refractivity contribution in [3.8, 4) is 0 Å². The fourth-order valence-corrected chi connectivity index (χ4v) is 3.14. The molecule has 0 atom stereocenters. The third kappa shape index (κ3) is 2.29. The molecule has 0 aliphatic heterocycles. The average Bonchev–Trinajstić information content (AvgIpc) is 2.76. The van der Waals surface area contributed by atoms with Crippen LogP contribution in [0.5, 0.6) is 0 Å². The van der Waals surface area contributed by atoms with Crippen LogP contribution in [0, 0.1) is 23.7 Å². The Labute approximate surface area is 121 Å². The number of carbonyl (C=O) groups excluding carboxylic acids is 1. The van der Waals surface area contributed by atoms with Crippen LogP contribution in [0.3, 0.4) is 0 Å². The molecule has 0 saturated heterocycles. The van der Waals surface area contributed by atoms with Crippen molar-refractivity contribution in [2.45, 2.75) is 34.6 Å². The monoisotopic (exact) mass is 275 g/mol. The highest BCUT2D eigenvalue weighted by Gasteiger charge is 2.64. The number of nitrogens with two attached hydrogens (primary N) is 1. The molecule has 1 saturated carbocycles. The van der Waals surface area contributed by atoms with Gasteiger partial charge in [-0.2, -0.15) is 0 Å². The summed E-state index contributed by atoms with van der Waals surface area (Å²) >= 11 is 0. The highest BCUT2D eigenvalue weighted by Crippen LogP contribution is 2.67. The van der Waals surface area contributed by atoms with E-state index >= 15 is 0 Å². The molecular formula is C16H25N3O. The van der Waals surface area contributed by atoms with Gasteiger partial charge in [0.2, 0.25) is 0 Å². The zero-order chi connectivity index (χ0) is 15.1. The number of carbonyl (C=O) groups is 1. The molecule has 1 amide bonds. The summed E-state index contributed by atoms with van der Waals surface area (Å²) < 4.78 is 0. The second kappa shape index (κ2) is 4.77. The molecule has 1 aliphatic rings. The number of hydrogen-bond donors (Lipinski definition) is 3. The van der Waals surface area contributed by atoms with E-state index in [4.69, 9.17) is 5.84 Å². The lowest BCUT2D eigenvalue weighted by atomic mass is 10.0. The summed E-state index contributed by atoms with van der Waals surface area (Å²) in [6, 6.07) is 5.50. The van der Waals surface area contributed by atoms with Gasteiger partial charge < -0.3 is 10.7 Å². The van der Waals surface area contributed by atoms with Gasteiger partial charge in [-0.15, -0.1) is 0 Å². The molecule has 2 rings (SSSR count). The van der Waals surface area contributed by atoms with E-state index in [1.54, 1.807) is 0 Å². The minimum Gasteiger partial charge on any atom is -0.352 e. The lowest BCUT2D eigenvalue weighted by Gasteiger charge is -2.10. The number of anilines is 1. The maximum absolute atomic E-state index is 12.3. The highest BCUT2D eigenvalue weighted by atomic mass is 16.1. The lowest BCUT2D eigenvalue weighted by molar-refractivity contribution is 0.0949. The van der Waals surface area contributed by atoms with E-state index in [0.717, 1.165) is 17.8 Å². The number of benzene rings is 1. The van der Waals surface area contributed by atoms with E-state index in [1.807, 2.05) is 25.1 Å². The summed E-state index contributed by atoms with van der Waals surface area (Å²) in [6.07, 6.45) is 0. The Morgan fingerprint density at radius 2 is 1.85 bits per heavy atom. The molecule has 0 radical (unpaired) electrons. The molecule has 4 N–H and O–H groups in total. The Kier molecular flexibility index (Phi) is 3.54. The summed E-state index contributed by atoms with van der Waals surface area (Å²) in [5.41, 5.74) is 5.61. The van der Waals surface area contributed by atoms with Crippen LogP contribution in [0.1, 0.15) is 43.6 Å². The second-order valence-electron chi connectivity index (χ2n) is 6.88. The van der Waals surface area contributed by atoms with E-state index in [2.05, 4.69) is 38.4 Å². The van der Waals surface area contributed by atoms with Crippen molar-refractivity contribution in [1.29, 1.82) is 0 Å². The summed E-state index contributed by atoms with van der Waals surface area (Å²) in [5, 5.41) is 3.06. The molecule has 0 aromatic heterocycles. The zero-order valence-corrected chi connectivity index (χ0v) is 13.0. The standard InChI is InChI=1S/C16H25N3O/c1-10-8-11(19-17)6-7-12(10)14(20)18-9-13-15(2,3)16(13,4)5/h6-8,13,19H,9,17H2,1-5H3,(H,18,20). The van der Waals surface area contributed by atoms with Crippen molar-refractivity contribution >= 4 is 11.6 Å². The van der Waals surface area contributed by atoms with E-state index in [-0.39, 0.29) is 5.91 Å². The van der Waals surface area contributed by atoms with Crippen molar-refractivity contribution in [1.82, 2.24) is 5.32 Å². The minimum absolute atomic E-state index is 0.00966. The number of nitrogen functional groups attached to an aromatic ring is 1.